The molecule has 6 nitrogen and oxygen atoms in total. The molecule has 7 heteroatoms. The van der Waals surface area contributed by atoms with Crippen LogP contribution in [0.4, 0.5) is 5.69 Å². The molecule has 3 N–H and O–H groups in total. The highest BCUT2D eigenvalue weighted by atomic mass is 32.2. The molecule has 0 aliphatic carbocycles. The summed E-state index contributed by atoms with van der Waals surface area (Å²) < 4.78 is 33.5. The van der Waals surface area contributed by atoms with Crippen molar-refractivity contribution >= 4 is 15.9 Å². The Bertz CT molecular complexity index is 699. The molecule has 2 aromatic carbocycles. The molecule has 0 spiro atoms. The van der Waals surface area contributed by atoms with E-state index in [2.05, 4.69) is 9.44 Å². The summed E-state index contributed by atoms with van der Waals surface area (Å²) in [5, 5.41) is 9.55. The lowest BCUT2D eigenvalue weighted by molar-refractivity contribution is 0.414. The van der Waals surface area contributed by atoms with Gasteiger partial charge in [-0.05, 0) is 29.8 Å². The third kappa shape index (κ3) is 4.37. The Morgan fingerprint density at radius 1 is 1.10 bits per heavy atom. The molecule has 21 heavy (non-hydrogen) atoms. The summed E-state index contributed by atoms with van der Waals surface area (Å²) in [4.78, 5) is 0. The molecule has 0 atom stereocenters. The first-order valence-corrected chi connectivity index (χ1v) is 7.67. The highest BCUT2D eigenvalue weighted by Crippen LogP contribution is 2.22. The monoisotopic (exact) mass is 308 g/mol. The van der Waals surface area contributed by atoms with E-state index in [0.717, 1.165) is 5.56 Å². The number of para-hydroxylation sites is 2. The summed E-state index contributed by atoms with van der Waals surface area (Å²) in [5.74, 6) is 0.571. The summed E-state index contributed by atoms with van der Waals surface area (Å²) in [5.41, 5.74) is 0.915. The summed E-state index contributed by atoms with van der Waals surface area (Å²) in [6.45, 7) is 0.132. The van der Waals surface area contributed by atoms with Crippen LogP contribution in [0.5, 0.6) is 11.5 Å². The summed E-state index contributed by atoms with van der Waals surface area (Å²) >= 11 is 0. The van der Waals surface area contributed by atoms with E-state index in [4.69, 9.17) is 4.74 Å². The van der Waals surface area contributed by atoms with Crippen LogP contribution < -0.4 is 14.2 Å². The molecule has 112 valence electrons. The first kappa shape index (κ1) is 15.1. The van der Waals surface area contributed by atoms with Gasteiger partial charge in [-0.2, -0.15) is 13.1 Å². The Labute approximate surface area is 123 Å². The second-order valence-electron chi connectivity index (χ2n) is 4.29. The van der Waals surface area contributed by atoms with Crippen molar-refractivity contribution in [3.05, 3.63) is 54.1 Å². The molecule has 0 saturated heterocycles. The Balaban J connectivity index is 1.99. The van der Waals surface area contributed by atoms with Crippen LogP contribution in [-0.4, -0.2) is 20.6 Å². The number of hydrogen-bond acceptors (Lipinski definition) is 4. The van der Waals surface area contributed by atoms with Crippen LogP contribution >= 0.6 is 0 Å². The smallest absolute Gasteiger partial charge is 0.299 e. The Hall–Kier alpha value is -2.25. The number of ether oxygens (including phenoxy) is 1. The zero-order valence-electron chi connectivity index (χ0n) is 11.4. The topological polar surface area (TPSA) is 87.7 Å². The van der Waals surface area contributed by atoms with Crippen molar-refractivity contribution < 1.29 is 18.3 Å². The molecule has 0 radical (unpaired) electrons. The van der Waals surface area contributed by atoms with Crippen LogP contribution in [0.2, 0.25) is 0 Å². The van der Waals surface area contributed by atoms with Crippen molar-refractivity contribution in [3.8, 4) is 11.5 Å². The summed E-state index contributed by atoms with van der Waals surface area (Å²) in [7, 11) is -2.20. The number of phenols is 1. The minimum absolute atomic E-state index is 0.125. The molecule has 0 saturated carbocycles. The van der Waals surface area contributed by atoms with Crippen molar-refractivity contribution in [1.82, 2.24) is 4.72 Å². The molecule has 0 aromatic heterocycles. The molecule has 2 aromatic rings. The van der Waals surface area contributed by atoms with Gasteiger partial charge in [0, 0.05) is 6.54 Å². The van der Waals surface area contributed by atoms with Crippen LogP contribution in [0.25, 0.3) is 0 Å². The number of phenolic OH excluding ortho intramolecular Hbond substituents is 1. The fourth-order valence-corrected chi connectivity index (χ4v) is 2.55. The molecule has 0 aliphatic rings. The Kier molecular flexibility index (Phi) is 4.66. The lowest BCUT2D eigenvalue weighted by Crippen LogP contribution is -2.29. The normalized spacial score (nSPS) is 11.1. The van der Waals surface area contributed by atoms with E-state index in [1.807, 2.05) is 0 Å². The highest BCUT2D eigenvalue weighted by Gasteiger charge is 2.11. The lowest BCUT2D eigenvalue weighted by Gasteiger charge is -2.10. The number of aromatic hydroxyl groups is 1. The van der Waals surface area contributed by atoms with E-state index in [0.29, 0.717) is 5.75 Å². The zero-order valence-corrected chi connectivity index (χ0v) is 12.2. The number of anilines is 1. The molecule has 0 bridgehead atoms. The second kappa shape index (κ2) is 6.47. The van der Waals surface area contributed by atoms with Gasteiger partial charge in [0.25, 0.3) is 10.2 Å². The predicted octanol–water partition coefficient (Wildman–Crippen LogP) is 1.85. The van der Waals surface area contributed by atoms with E-state index in [9.17, 15) is 13.5 Å². The Morgan fingerprint density at radius 2 is 1.76 bits per heavy atom. The maximum atomic E-state index is 11.9. The van der Waals surface area contributed by atoms with Gasteiger partial charge in [0.1, 0.15) is 11.5 Å². The molecule has 0 unspecified atom stereocenters. The van der Waals surface area contributed by atoms with Crippen LogP contribution in [-0.2, 0) is 16.8 Å². The van der Waals surface area contributed by atoms with Crippen molar-refractivity contribution in [2.75, 3.05) is 11.8 Å². The van der Waals surface area contributed by atoms with Gasteiger partial charge in [-0.25, -0.2) is 0 Å². The van der Waals surface area contributed by atoms with E-state index >= 15 is 0 Å². The summed E-state index contributed by atoms with van der Waals surface area (Å²) in [6.07, 6.45) is 0. The van der Waals surface area contributed by atoms with Crippen LogP contribution in [0.15, 0.2) is 48.5 Å². The average Bonchev–Trinajstić information content (AvgIpc) is 2.48. The van der Waals surface area contributed by atoms with Gasteiger partial charge in [0.05, 0.1) is 12.8 Å². The molecular formula is C14H16N2O4S. The van der Waals surface area contributed by atoms with Gasteiger partial charge in [0.15, 0.2) is 0 Å². The number of hydrogen-bond donors (Lipinski definition) is 3. The molecule has 2 rings (SSSR count). The van der Waals surface area contributed by atoms with E-state index in [1.54, 1.807) is 43.5 Å². The predicted molar refractivity (Wildman–Crippen MR) is 80.5 cm³/mol. The SMILES string of the molecule is COc1ccc(CNS(=O)(=O)Nc2ccccc2O)cc1. The number of benzene rings is 2. The highest BCUT2D eigenvalue weighted by molar-refractivity contribution is 7.90. The third-order valence-corrected chi connectivity index (χ3v) is 3.79. The number of methoxy groups -OCH3 is 1. The van der Waals surface area contributed by atoms with Crippen LogP contribution in [0.3, 0.4) is 0 Å². The molecular weight excluding hydrogens is 292 g/mol. The minimum Gasteiger partial charge on any atom is -0.506 e. The first-order chi connectivity index (χ1) is 10.00. The molecule has 0 amide bonds. The van der Waals surface area contributed by atoms with E-state index < -0.39 is 10.2 Å². The van der Waals surface area contributed by atoms with Gasteiger partial charge in [0.2, 0.25) is 0 Å². The van der Waals surface area contributed by atoms with Crippen LogP contribution in [0.1, 0.15) is 5.56 Å². The molecule has 0 aliphatic heterocycles. The van der Waals surface area contributed by atoms with Crippen molar-refractivity contribution in [2.24, 2.45) is 0 Å². The fraction of sp³-hybridized carbons (Fsp3) is 0.143. The van der Waals surface area contributed by atoms with Gasteiger partial charge >= 0.3 is 0 Å². The van der Waals surface area contributed by atoms with Crippen LogP contribution in [0, 0.1) is 0 Å². The lowest BCUT2D eigenvalue weighted by atomic mass is 10.2. The van der Waals surface area contributed by atoms with Gasteiger partial charge in [-0.15, -0.1) is 0 Å². The van der Waals surface area contributed by atoms with E-state index in [-0.39, 0.29) is 18.0 Å². The zero-order chi connectivity index (χ0) is 15.3. The van der Waals surface area contributed by atoms with E-state index in [1.165, 1.54) is 12.1 Å². The maximum Gasteiger partial charge on any atom is 0.299 e. The quantitative estimate of drug-likeness (QED) is 0.711. The number of rotatable bonds is 6. The van der Waals surface area contributed by atoms with Gasteiger partial charge < -0.3 is 9.84 Å². The minimum atomic E-state index is -3.76. The van der Waals surface area contributed by atoms with Crippen molar-refractivity contribution in [2.45, 2.75) is 6.54 Å². The molecule has 0 heterocycles. The average molecular weight is 308 g/mol. The fourth-order valence-electron chi connectivity index (χ4n) is 1.66. The van der Waals surface area contributed by atoms with Crippen molar-refractivity contribution in [1.29, 1.82) is 0 Å². The Morgan fingerprint density at radius 3 is 2.38 bits per heavy atom. The number of nitrogens with one attached hydrogen (secondary N) is 2. The largest absolute Gasteiger partial charge is 0.506 e. The van der Waals surface area contributed by atoms with Crippen molar-refractivity contribution in [3.63, 3.8) is 0 Å². The van der Waals surface area contributed by atoms with Gasteiger partial charge in [-0.3, -0.25) is 4.72 Å². The standard InChI is InChI=1S/C14H16N2O4S/c1-20-12-8-6-11(7-9-12)10-15-21(18,19)16-13-4-2-3-5-14(13)17/h2-9,15-17H,10H2,1H3. The maximum absolute atomic E-state index is 11.9. The summed E-state index contributed by atoms with van der Waals surface area (Å²) in [6, 6.07) is 13.1. The first-order valence-electron chi connectivity index (χ1n) is 6.18. The second-order valence-corrected chi connectivity index (χ2v) is 5.79. The molecule has 0 fully saturated rings. The third-order valence-electron chi connectivity index (χ3n) is 2.77. The van der Waals surface area contributed by atoms with Gasteiger partial charge in [-0.1, -0.05) is 24.3 Å².